The van der Waals surface area contributed by atoms with Gasteiger partial charge >= 0.3 is 5.97 Å². The minimum Gasteiger partial charge on any atom is -0.480 e. The molecule has 0 radical (unpaired) electrons. The number of aliphatic carboxylic acids is 1. The number of carboxylic acid groups (broad SMARTS) is 1. The van der Waals surface area contributed by atoms with Crippen LogP contribution in [0, 0.1) is 5.92 Å². The Kier molecular flexibility index (Phi) is 6.02. The quantitative estimate of drug-likeness (QED) is 0.753. The van der Waals surface area contributed by atoms with E-state index in [-0.39, 0.29) is 12.0 Å². The molecule has 5 nitrogen and oxygen atoms in total. The number of amides is 1. The van der Waals surface area contributed by atoms with Gasteiger partial charge in [-0.2, -0.15) is 0 Å². The van der Waals surface area contributed by atoms with Crippen LogP contribution < -0.4 is 0 Å². The highest BCUT2D eigenvalue weighted by Crippen LogP contribution is 2.31. The Bertz CT molecular complexity index is 624. The minimum absolute atomic E-state index is 0.0127. The van der Waals surface area contributed by atoms with Gasteiger partial charge < -0.3 is 14.7 Å². The zero-order chi connectivity index (χ0) is 17.8. The van der Waals surface area contributed by atoms with Crippen LogP contribution in [0.15, 0.2) is 29.2 Å². The van der Waals surface area contributed by atoms with Gasteiger partial charge in [0.25, 0.3) is 5.91 Å². The molecule has 1 aromatic carbocycles. The number of likely N-dealkylation sites (tertiary alicyclic amines) is 1. The van der Waals surface area contributed by atoms with Gasteiger partial charge in [-0.25, -0.2) is 0 Å². The number of piperidine rings is 1. The molecule has 3 rings (SSSR count). The molecule has 1 unspecified atom stereocenters. The molecule has 1 aliphatic heterocycles. The van der Waals surface area contributed by atoms with Crippen molar-refractivity contribution in [1.82, 2.24) is 4.90 Å². The number of carbonyl (C=O) groups excluding carboxylic acids is 1. The number of carbonyl (C=O) groups is 2. The highest BCUT2D eigenvalue weighted by molar-refractivity contribution is 8.00. The molecule has 1 N–H and O–H groups in total. The van der Waals surface area contributed by atoms with Crippen molar-refractivity contribution in [2.45, 2.75) is 48.9 Å². The number of ether oxygens (including phenoxy) is 1. The van der Waals surface area contributed by atoms with Crippen LogP contribution in [0.3, 0.4) is 0 Å². The highest BCUT2D eigenvalue weighted by Gasteiger charge is 2.28. The van der Waals surface area contributed by atoms with Crippen LogP contribution in [0.2, 0.25) is 0 Å². The van der Waals surface area contributed by atoms with E-state index in [9.17, 15) is 9.59 Å². The van der Waals surface area contributed by atoms with E-state index in [1.54, 1.807) is 13.0 Å². The first-order valence-corrected chi connectivity index (χ1v) is 9.82. The number of thioether (sulfide) groups is 1. The summed E-state index contributed by atoms with van der Waals surface area (Å²) in [4.78, 5) is 26.6. The van der Waals surface area contributed by atoms with Gasteiger partial charge in [-0.1, -0.05) is 12.1 Å². The lowest BCUT2D eigenvalue weighted by atomic mass is 10.1. The Labute approximate surface area is 152 Å². The summed E-state index contributed by atoms with van der Waals surface area (Å²) in [7, 11) is 0. The summed E-state index contributed by atoms with van der Waals surface area (Å²) in [6, 6.07) is 7.28. The van der Waals surface area contributed by atoms with Crippen molar-refractivity contribution in [3.63, 3.8) is 0 Å². The van der Waals surface area contributed by atoms with Gasteiger partial charge in [0.05, 0.1) is 11.7 Å². The van der Waals surface area contributed by atoms with E-state index in [0.717, 1.165) is 30.3 Å². The number of hydrogen-bond donors (Lipinski definition) is 1. The zero-order valence-corrected chi connectivity index (χ0v) is 15.3. The van der Waals surface area contributed by atoms with Crippen LogP contribution in [-0.2, 0) is 9.53 Å². The highest BCUT2D eigenvalue weighted by atomic mass is 32.2. The van der Waals surface area contributed by atoms with E-state index in [0.29, 0.717) is 18.7 Å². The van der Waals surface area contributed by atoms with E-state index in [1.807, 2.05) is 23.1 Å². The fourth-order valence-electron chi connectivity index (χ4n) is 2.94. The Morgan fingerprint density at radius 1 is 1.24 bits per heavy atom. The fourth-order valence-corrected chi connectivity index (χ4v) is 3.86. The molecule has 1 aliphatic carbocycles. The second-order valence-electron chi connectivity index (χ2n) is 6.86. The zero-order valence-electron chi connectivity index (χ0n) is 14.5. The minimum atomic E-state index is -0.874. The van der Waals surface area contributed by atoms with Crippen molar-refractivity contribution in [2.75, 3.05) is 19.7 Å². The van der Waals surface area contributed by atoms with Crippen LogP contribution in [0.1, 0.15) is 43.0 Å². The van der Waals surface area contributed by atoms with Crippen LogP contribution >= 0.6 is 11.8 Å². The number of carboxylic acids is 1. The third kappa shape index (κ3) is 4.98. The lowest BCUT2D eigenvalue weighted by molar-refractivity contribution is -0.136. The first-order valence-electron chi connectivity index (χ1n) is 8.94. The number of nitrogens with zero attached hydrogens (tertiary/aromatic N) is 1. The summed E-state index contributed by atoms with van der Waals surface area (Å²) in [5.74, 6) is -0.123. The van der Waals surface area contributed by atoms with Crippen molar-refractivity contribution < 1.29 is 19.4 Å². The summed E-state index contributed by atoms with van der Waals surface area (Å²) in [6.45, 7) is 3.89. The standard InChI is InChI=1S/C19H25NO4S/c1-13(19(22)23)25-17-5-3-2-4-16(17)18(21)20-10-8-15(9-11-20)24-12-14-6-7-14/h2-5,13-15H,6-12H2,1H3,(H,22,23). The van der Waals surface area contributed by atoms with E-state index in [1.165, 1.54) is 24.6 Å². The van der Waals surface area contributed by atoms with Crippen LogP contribution in [0.4, 0.5) is 0 Å². The maximum atomic E-state index is 12.9. The maximum absolute atomic E-state index is 12.9. The molecule has 0 spiro atoms. The number of hydrogen-bond acceptors (Lipinski definition) is 4. The molecule has 25 heavy (non-hydrogen) atoms. The van der Waals surface area contributed by atoms with Gasteiger partial charge in [-0.05, 0) is 50.7 Å². The summed E-state index contributed by atoms with van der Waals surface area (Å²) in [5, 5.41) is 8.53. The van der Waals surface area contributed by atoms with Gasteiger partial charge in [0, 0.05) is 24.6 Å². The van der Waals surface area contributed by atoms with Crippen molar-refractivity contribution in [3.8, 4) is 0 Å². The van der Waals surface area contributed by atoms with Crippen LogP contribution in [0.25, 0.3) is 0 Å². The van der Waals surface area contributed by atoms with Gasteiger partial charge in [0.1, 0.15) is 5.25 Å². The molecule has 1 amide bonds. The number of benzene rings is 1. The van der Waals surface area contributed by atoms with E-state index >= 15 is 0 Å². The molecule has 136 valence electrons. The average molecular weight is 363 g/mol. The van der Waals surface area contributed by atoms with Crippen molar-refractivity contribution in [3.05, 3.63) is 29.8 Å². The molecule has 0 aromatic heterocycles. The van der Waals surface area contributed by atoms with Gasteiger partial charge in [-0.3, -0.25) is 9.59 Å². The first kappa shape index (κ1) is 18.3. The summed E-state index contributed by atoms with van der Waals surface area (Å²) in [6.07, 6.45) is 4.60. The van der Waals surface area contributed by atoms with Crippen molar-refractivity contribution >= 4 is 23.6 Å². The second kappa shape index (κ2) is 8.23. The molecule has 1 heterocycles. The normalized spacial score (nSPS) is 19.6. The summed E-state index contributed by atoms with van der Waals surface area (Å²) in [5.41, 5.74) is 0.595. The molecular weight excluding hydrogens is 338 g/mol. The SMILES string of the molecule is CC(Sc1ccccc1C(=O)N1CCC(OCC2CC2)CC1)C(=O)O. The Hall–Kier alpha value is -1.53. The van der Waals surface area contributed by atoms with E-state index in [4.69, 9.17) is 9.84 Å². The fraction of sp³-hybridized carbons (Fsp3) is 0.579. The first-order chi connectivity index (χ1) is 12.0. The third-order valence-corrected chi connectivity index (χ3v) is 5.93. The predicted molar refractivity (Wildman–Crippen MR) is 97.0 cm³/mol. The molecule has 2 aliphatic rings. The molecule has 1 aromatic rings. The molecule has 0 bridgehead atoms. The molecule has 1 saturated heterocycles. The smallest absolute Gasteiger partial charge is 0.316 e. The van der Waals surface area contributed by atoms with Crippen LogP contribution in [0.5, 0.6) is 0 Å². The molecule has 1 saturated carbocycles. The maximum Gasteiger partial charge on any atom is 0.316 e. The number of rotatable bonds is 7. The predicted octanol–water partition coefficient (Wildman–Crippen LogP) is 3.28. The molecule has 1 atom stereocenters. The summed E-state index contributed by atoms with van der Waals surface area (Å²) < 4.78 is 5.94. The van der Waals surface area contributed by atoms with Gasteiger partial charge in [0.15, 0.2) is 0 Å². The van der Waals surface area contributed by atoms with Crippen LogP contribution in [-0.4, -0.2) is 52.9 Å². The third-order valence-electron chi connectivity index (χ3n) is 4.76. The summed E-state index contributed by atoms with van der Waals surface area (Å²) >= 11 is 1.22. The monoisotopic (exact) mass is 363 g/mol. The Balaban J connectivity index is 1.58. The lowest BCUT2D eigenvalue weighted by Gasteiger charge is -2.32. The van der Waals surface area contributed by atoms with E-state index in [2.05, 4.69) is 0 Å². The van der Waals surface area contributed by atoms with E-state index < -0.39 is 11.2 Å². The molecule has 6 heteroatoms. The topological polar surface area (TPSA) is 66.8 Å². The average Bonchev–Trinajstić information content (AvgIpc) is 3.44. The second-order valence-corrected chi connectivity index (χ2v) is 8.25. The van der Waals surface area contributed by atoms with Gasteiger partial charge in [-0.15, -0.1) is 11.8 Å². The van der Waals surface area contributed by atoms with Crippen molar-refractivity contribution in [1.29, 1.82) is 0 Å². The Morgan fingerprint density at radius 2 is 1.92 bits per heavy atom. The lowest BCUT2D eigenvalue weighted by Crippen LogP contribution is -2.41. The largest absolute Gasteiger partial charge is 0.480 e. The molecule has 2 fully saturated rings. The Morgan fingerprint density at radius 3 is 2.56 bits per heavy atom. The molecular formula is C19H25NO4S. The van der Waals surface area contributed by atoms with Gasteiger partial charge in [0.2, 0.25) is 0 Å². The van der Waals surface area contributed by atoms with Crippen molar-refractivity contribution in [2.24, 2.45) is 5.92 Å².